The molecule has 0 amide bonds. The smallest absolute Gasteiger partial charge is 0.325 e. The summed E-state index contributed by atoms with van der Waals surface area (Å²) in [5.41, 5.74) is 1.04. The summed E-state index contributed by atoms with van der Waals surface area (Å²) in [6.45, 7) is 0.160. The summed E-state index contributed by atoms with van der Waals surface area (Å²) in [5.74, 6) is 0.518. The Kier molecular flexibility index (Phi) is 6.76. The van der Waals surface area contributed by atoms with Crippen molar-refractivity contribution in [3.8, 4) is 33.7 Å². The molecule has 5 rings (SSSR count). The van der Waals surface area contributed by atoms with Gasteiger partial charge in [0.05, 0.1) is 22.5 Å². The van der Waals surface area contributed by atoms with Crippen molar-refractivity contribution in [1.82, 2.24) is 19.5 Å². The van der Waals surface area contributed by atoms with E-state index in [4.69, 9.17) is 27.9 Å². The van der Waals surface area contributed by atoms with Crippen LogP contribution in [0.4, 0.5) is 0 Å². The molecule has 0 aliphatic heterocycles. The lowest BCUT2D eigenvalue weighted by molar-refractivity contribution is 0.306. The second-order valence-electron chi connectivity index (χ2n) is 8.08. The fourth-order valence-corrected chi connectivity index (χ4v) is 4.31. The summed E-state index contributed by atoms with van der Waals surface area (Å²) in [7, 11) is 0. The van der Waals surface area contributed by atoms with Gasteiger partial charge in [-0.05, 0) is 59.7 Å². The van der Waals surface area contributed by atoms with Gasteiger partial charge in [0.15, 0.2) is 0 Å². The Balaban J connectivity index is 1.65. The Bertz CT molecular complexity index is 1780. The summed E-state index contributed by atoms with van der Waals surface area (Å²) in [6.07, 6.45) is 5.96. The van der Waals surface area contributed by atoms with E-state index in [9.17, 15) is 14.4 Å². The monoisotopic (exact) mass is 532 g/mol. The molecule has 0 unspecified atom stereocenters. The maximum absolute atomic E-state index is 13.6. The van der Waals surface area contributed by atoms with E-state index in [1.807, 2.05) is 6.07 Å². The number of hydrogen-bond donors (Lipinski definition) is 2. The van der Waals surface area contributed by atoms with E-state index in [0.29, 0.717) is 38.2 Å². The minimum atomic E-state index is -0.632. The highest BCUT2D eigenvalue weighted by atomic mass is 35.5. The fraction of sp³-hybridized carbons (Fsp3) is 0.0370. The van der Waals surface area contributed by atoms with Gasteiger partial charge in [-0.15, -0.1) is 0 Å². The second kappa shape index (κ2) is 10.3. The average Bonchev–Trinajstić information content (AvgIpc) is 2.89. The van der Waals surface area contributed by atoms with Crippen molar-refractivity contribution < 1.29 is 4.74 Å². The van der Waals surface area contributed by atoms with Gasteiger partial charge in [0, 0.05) is 34.7 Å². The molecule has 5 aromatic rings. The van der Waals surface area contributed by atoms with Gasteiger partial charge >= 0.3 is 5.69 Å². The first-order valence-electron chi connectivity index (χ1n) is 11.1. The maximum atomic E-state index is 13.6. The van der Waals surface area contributed by atoms with Gasteiger partial charge in [0.1, 0.15) is 12.4 Å². The summed E-state index contributed by atoms with van der Waals surface area (Å²) in [4.78, 5) is 46.5. The molecule has 0 saturated heterocycles. The normalized spacial score (nSPS) is 10.9. The number of ether oxygens (including phenoxy) is 1. The Morgan fingerprint density at radius 3 is 2.51 bits per heavy atom. The third kappa shape index (κ3) is 5.25. The van der Waals surface area contributed by atoms with Crippen molar-refractivity contribution in [3.05, 3.63) is 132 Å². The van der Waals surface area contributed by atoms with Crippen LogP contribution >= 0.6 is 23.2 Å². The molecule has 10 heteroatoms. The number of halogens is 2. The fourth-order valence-electron chi connectivity index (χ4n) is 3.86. The average molecular weight is 533 g/mol. The van der Waals surface area contributed by atoms with Gasteiger partial charge in [-0.25, -0.2) is 4.79 Å². The van der Waals surface area contributed by atoms with E-state index in [1.165, 1.54) is 23.2 Å². The molecule has 0 fully saturated rings. The highest BCUT2D eigenvalue weighted by Gasteiger charge is 2.15. The van der Waals surface area contributed by atoms with Gasteiger partial charge in [-0.2, -0.15) is 0 Å². The van der Waals surface area contributed by atoms with Crippen LogP contribution in [0.2, 0.25) is 10.0 Å². The van der Waals surface area contributed by atoms with Crippen molar-refractivity contribution in [3.63, 3.8) is 0 Å². The van der Waals surface area contributed by atoms with Crippen LogP contribution in [0.5, 0.6) is 5.75 Å². The van der Waals surface area contributed by atoms with Gasteiger partial charge < -0.3 is 9.72 Å². The molecule has 0 saturated carbocycles. The van der Waals surface area contributed by atoms with E-state index in [0.717, 1.165) is 0 Å². The van der Waals surface area contributed by atoms with Crippen LogP contribution in [0.25, 0.3) is 27.9 Å². The molecule has 2 aromatic carbocycles. The van der Waals surface area contributed by atoms with Crippen LogP contribution in [0, 0.1) is 0 Å². The zero-order chi connectivity index (χ0) is 25.9. The van der Waals surface area contributed by atoms with Crippen LogP contribution in [-0.2, 0) is 6.61 Å². The molecule has 0 spiro atoms. The maximum Gasteiger partial charge on any atom is 0.325 e. The molecule has 8 nitrogen and oxygen atoms in total. The van der Waals surface area contributed by atoms with Crippen LogP contribution in [0.1, 0.15) is 5.56 Å². The number of pyridine rings is 2. The predicted molar refractivity (Wildman–Crippen MR) is 143 cm³/mol. The zero-order valence-electron chi connectivity index (χ0n) is 19.1. The minimum Gasteiger partial charge on any atom is -0.487 e. The first-order valence-corrected chi connectivity index (χ1v) is 11.8. The van der Waals surface area contributed by atoms with E-state index >= 15 is 0 Å². The molecule has 0 aliphatic carbocycles. The molecule has 0 bridgehead atoms. The van der Waals surface area contributed by atoms with E-state index in [2.05, 4.69) is 15.0 Å². The van der Waals surface area contributed by atoms with Crippen molar-refractivity contribution in [2.45, 2.75) is 6.61 Å². The lowest BCUT2D eigenvalue weighted by Gasteiger charge is -2.13. The van der Waals surface area contributed by atoms with Gasteiger partial charge in [-0.3, -0.25) is 24.1 Å². The Labute approximate surface area is 219 Å². The molecule has 0 atom stereocenters. The molecular formula is C27H18Cl2N4O4. The molecule has 3 heterocycles. The summed E-state index contributed by atoms with van der Waals surface area (Å²) in [5, 5.41) is 0.873. The van der Waals surface area contributed by atoms with Crippen LogP contribution in [-0.4, -0.2) is 19.5 Å². The molecule has 37 heavy (non-hydrogen) atoms. The standard InChI is InChI=1S/C27H18Cl2N4O4/c28-19-9-16(15-37-24-6-2-1-5-23(24)29)8-17(10-19)21-11-18(22-13-31-27(36)32-25(22)34)14-33(26(21)35)20-4-3-7-30-12-20/h1-14H,15H2,(H2,31,32,34,36). The number of aromatic amines is 2. The summed E-state index contributed by atoms with van der Waals surface area (Å²) < 4.78 is 7.24. The Hall–Kier alpha value is -4.40. The molecule has 2 N–H and O–H groups in total. The van der Waals surface area contributed by atoms with Crippen molar-refractivity contribution >= 4 is 23.2 Å². The highest BCUT2D eigenvalue weighted by Crippen LogP contribution is 2.28. The van der Waals surface area contributed by atoms with Gasteiger partial charge in [0.2, 0.25) is 0 Å². The number of H-pyrrole nitrogens is 2. The first-order chi connectivity index (χ1) is 17.9. The van der Waals surface area contributed by atoms with Gasteiger partial charge in [-0.1, -0.05) is 35.3 Å². The number of nitrogens with one attached hydrogen (secondary N) is 2. The van der Waals surface area contributed by atoms with Crippen LogP contribution < -0.4 is 21.5 Å². The lowest BCUT2D eigenvalue weighted by Crippen LogP contribution is -2.24. The van der Waals surface area contributed by atoms with Crippen LogP contribution in [0.3, 0.4) is 0 Å². The van der Waals surface area contributed by atoms with Gasteiger partial charge in [0.25, 0.3) is 11.1 Å². The predicted octanol–water partition coefficient (Wildman–Crippen LogP) is 4.83. The molecule has 184 valence electrons. The summed E-state index contributed by atoms with van der Waals surface area (Å²) >= 11 is 12.6. The largest absolute Gasteiger partial charge is 0.487 e. The quantitative estimate of drug-likeness (QED) is 0.325. The summed E-state index contributed by atoms with van der Waals surface area (Å²) in [6, 6.07) is 17.3. The number of rotatable bonds is 6. The highest BCUT2D eigenvalue weighted by molar-refractivity contribution is 6.32. The topological polar surface area (TPSA) is 110 Å². The van der Waals surface area contributed by atoms with Crippen LogP contribution in [0.15, 0.2) is 99.8 Å². The third-order valence-electron chi connectivity index (χ3n) is 5.57. The number of benzene rings is 2. The molecule has 0 aliphatic rings. The van der Waals surface area contributed by atoms with Crippen molar-refractivity contribution in [2.75, 3.05) is 0 Å². The van der Waals surface area contributed by atoms with Crippen molar-refractivity contribution in [1.29, 1.82) is 0 Å². The van der Waals surface area contributed by atoms with E-state index in [-0.39, 0.29) is 23.3 Å². The number of para-hydroxylation sites is 1. The van der Waals surface area contributed by atoms with Crippen molar-refractivity contribution in [2.24, 2.45) is 0 Å². The Morgan fingerprint density at radius 1 is 0.919 bits per heavy atom. The second-order valence-corrected chi connectivity index (χ2v) is 8.93. The van der Waals surface area contributed by atoms with E-state index < -0.39 is 11.2 Å². The lowest BCUT2D eigenvalue weighted by atomic mass is 10.0. The minimum absolute atomic E-state index is 0.160. The number of hydrogen-bond acceptors (Lipinski definition) is 5. The van der Waals surface area contributed by atoms with E-state index in [1.54, 1.807) is 60.8 Å². The molecule has 3 aromatic heterocycles. The third-order valence-corrected chi connectivity index (χ3v) is 6.10. The number of nitrogens with zero attached hydrogens (tertiary/aromatic N) is 2. The molecule has 0 radical (unpaired) electrons. The SMILES string of the molecule is O=c1[nH]cc(-c2cc(-c3cc(Cl)cc(COc4ccccc4Cl)c3)c(=O)n(-c3cccnc3)c2)c(=O)[nH]1. The molecular weight excluding hydrogens is 515 g/mol. The zero-order valence-corrected chi connectivity index (χ0v) is 20.6. The number of aromatic nitrogens is 4. The first kappa shape index (κ1) is 24.3. The Morgan fingerprint density at radius 2 is 1.76 bits per heavy atom.